The van der Waals surface area contributed by atoms with Crippen molar-refractivity contribution < 1.29 is 9.53 Å². The number of ether oxygens (including phenoxy) is 1. The topological polar surface area (TPSA) is 64.4 Å². The van der Waals surface area contributed by atoms with Crippen LogP contribution in [-0.2, 0) is 4.74 Å². The second-order valence-electron chi connectivity index (χ2n) is 4.99. The fourth-order valence-corrected chi connectivity index (χ4v) is 2.61. The zero-order valence-electron chi connectivity index (χ0n) is 11.0. The maximum Gasteiger partial charge on any atom is 0.251 e. The number of hydrogen-bond donors (Lipinski definition) is 2. The van der Waals surface area contributed by atoms with Gasteiger partial charge in [0.2, 0.25) is 0 Å². The number of halogens is 1. The smallest absolute Gasteiger partial charge is 0.251 e. The van der Waals surface area contributed by atoms with Crippen LogP contribution in [0.25, 0.3) is 0 Å². The minimum atomic E-state index is -0.131. The van der Waals surface area contributed by atoms with E-state index in [2.05, 4.69) is 5.32 Å². The van der Waals surface area contributed by atoms with E-state index in [-0.39, 0.29) is 11.9 Å². The molecule has 0 bridgehead atoms. The van der Waals surface area contributed by atoms with E-state index >= 15 is 0 Å². The van der Waals surface area contributed by atoms with E-state index < -0.39 is 0 Å². The molecule has 1 aromatic carbocycles. The van der Waals surface area contributed by atoms with Gasteiger partial charge in [-0.3, -0.25) is 4.79 Å². The Morgan fingerprint density at radius 2 is 2.11 bits per heavy atom. The largest absolute Gasteiger partial charge is 0.399 e. The third kappa shape index (κ3) is 3.85. The number of rotatable bonds is 3. The van der Waals surface area contributed by atoms with Gasteiger partial charge in [0.1, 0.15) is 0 Å². The Hall–Kier alpha value is -1.26. The molecular weight excluding hydrogens is 264 g/mol. The van der Waals surface area contributed by atoms with Gasteiger partial charge in [-0.15, -0.1) is 0 Å². The molecule has 3 N–H and O–H groups in total. The Kier molecular flexibility index (Phi) is 4.66. The SMILES string of the molecule is CC(NC(=O)c1cc(N)cc(Cl)c1)C1CCOCC1. The predicted molar refractivity (Wildman–Crippen MR) is 76.3 cm³/mol. The van der Waals surface area contributed by atoms with Gasteiger partial charge < -0.3 is 15.8 Å². The van der Waals surface area contributed by atoms with Gasteiger partial charge in [-0.25, -0.2) is 0 Å². The summed E-state index contributed by atoms with van der Waals surface area (Å²) in [5, 5.41) is 3.49. The summed E-state index contributed by atoms with van der Waals surface area (Å²) in [7, 11) is 0. The predicted octanol–water partition coefficient (Wildman–Crippen LogP) is 2.47. The standard InChI is InChI=1S/C14H19ClN2O2/c1-9(10-2-4-19-5-3-10)17-14(18)11-6-12(15)8-13(16)7-11/h6-10H,2-5,16H2,1H3,(H,17,18). The molecule has 1 atom stereocenters. The van der Waals surface area contributed by atoms with Gasteiger partial charge >= 0.3 is 0 Å². The summed E-state index contributed by atoms with van der Waals surface area (Å²) in [4.78, 5) is 12.1. The number of carbonyl (C=O) groups is 1. The Morgan fingerprint density at radius 3 is 2.74 bits per heavy atom. The summed E-state index contributed by atoms with van der Waals surface area (Å²) in [6, 6.07) is 5.01. The fourth-order valence-electron chi connectivity index (χ4n) is 2.37. The maximum absolute atomic E-state index is 12.1. The minimum absolute atomic E-state index is 0.122. The highest BCUT2D eigenvalue weighted by molar-refractivity contribution is 6.31. The number of hydrogen-bond acceptors (Lipinski definition) is 3. The zero-order chi connectivity index (χ0) is 13.8. The quantitative estimate of drug-likeness (QED) is 0.837. The molecule has 2 rings (SSSR count). The third-order valence-electron chi connectivity index (χ3n) is 3.51. The molecule has 1 saturated heterocycles. The van der Waals surface area contributed by atoms with Gasteiger partial charge in [-0.1, -0.05) is 11.6 Å². The number of carbonyl (C=O) groups excluding carboxylic acids is 1. The lowest BCUT2D eigenvalue weighted by Gasteiger charge is -2.28. The van der Waals surface area contributed by atoms with Crippen molar-refractivity contribution in [1.29, 1.82) is 0 Å². The molecule has 4 nitrogen and oxygen atoms in total. The van der Waals surface area contributed by atoms with Gasteiger partial charge in [0.25, 0.3) is 5.91 Å². The first-order chi connectivity index (χ1) is 9.06. The Bertz CT molecular complexity index is 439. The number of nitrogens with two attached hydrogens (primary N) is 1. The summed E-state index contributed by atoms with van der Waals surface area (Å²) in [6.45, 7) is 3.58. The molecule has 1 amide bonds. The summed E-state index contributed by atoms with van der Waals surface area (Å²) in [5.74, 6) is 0.336. The van der Waals surface area contributed by atoms with Crippen LogP contribution in [0.4, 0.5) is 5.69 Å². The molecule has 1 fully saturated rings. The lowest BCUT2D eigenvalue weighted by Crippen LogP contribution is -2.40. The fraction of sp³-hybridized carbons (Fsp3) is 0.500. The summed E-state index contributed by atoms with van der Waals surface area (Å²) >= 11 is 5.90. The average molecular weight is 283 g/mol. The maximum atomic E-state index is 12.1. The molecule has 1 aromatic rings. The Balaban J connectivity index is 1.99. The van der Waals surface area contributed by atoms with Crippen molar-refractivity contribution >= 4 is 23.2 Å². The van der Waals surface area contributed by atoms with Crippen LogP contribution < -0.4 is 11.1 Å². The van der Waals surface area contributed by atoms with Crippen molar-refractivity contribution in [3.8, 4) is 0 Å². The minimum Gasteiger partial charge on any atom is -0.399 e. The van der Waals surface area contributed by atoms with Crippen LogP contribution >= 0.6 is 11.6 Å². The van der Waals surface area contributed by atoms with E-state index in [1.807, 2.05) is 6.92 Å². The van der Waals surface area contributed by atoms with Crippen molar-refractivity contribution in [1.82, 2.24) is 5.32 Å². The van der Waals surface area contributed by atoms with E-state index in [0.717, 1.165) is 26.1 Å². The van der Waals surface area contributed by atoms with E-state index in [0.29, 0.717) is 22.2 Å². The van der Waals surface area contributed by atoms with Crippen LogP contribution in [0.15, 0.2) is 18.2 Å². The van der Waals surface area contributed by atoms with Crippen LogP contribution in [0.1, 0.15) is 30.1 Å². The van der Waals surface area contributed by atoms with Crippen molar-refractivity contribution in [2.45, 2.75) is 25.8 Å². The molecule has 0 aliphatic carbocycles. The van der Waals surface area contributed by atoms with Gasteiger partial charge in [-0.05, 0) is 43.9 Å². The first-order valence-electron chi connectivity index (χ1n) is 6.51. The van der Waals surface area contributed by atoms with Crippen LogP contribution in [-0.4, -0.2) is 25.2 Å². The molecule has 0 aromatic heterocycles. The molecule has 1 unspecified atom stereocenters. The average Bonchev–Trinajstić information content (AvgIpc) is 2.38. The lowest BCUT2D eigenvalue weighted by atomic mass is 9.93. The molecular formula is C14H19ClN2O2. The van der Waals surface area contributed by atoms with Gasteiger partial charge in [0, 0.05) is 35.5 Å². The highest BCUT2D eigenvalue weighted by Crippen LogP contribution is 2.20. The highest BCUT2D eigenvalue weighted by atomic mass is 35.5. The monoisotopic (exact) mass is 282 g/mol. The second kappa shape index (κ2) is 6.26. The molecule has 1 heterocycles. The normalized spacial score (nSPS) is 18.0. The van der Waals surface area contributed by atoms with Gasteiger partial charge in [-0.2, -0.15) is 0 Å². The number of nitrogen functional groups attached to an aromatic ring is 1. The van der Waals surface area contributed by atoms with Crippen molar-refractivity contribution in [2.75, 3.05) is 18.9 Å². The second-order valence-corrected chi connectivity index (χ2v) is 5.42. The van der Waals surface area contributed by atoms with Crippen LogP contribution in [0, 0.1) is 5.92 Å². The molecule has 0 saturated carbocycles. The molecule has 0 spiro atoms. The van der Waals surface area contributed by atoms with Gasteiger partial charge in [0.05, 0.1) is 0 Å². The lowest BCUT2D eigenvalue weighted by molar-refractivity contribution is 0.0538. The van der Waals surface area contributed by atoms with E-state index in [9.17, 15) is 4.79 Å². The van der Waals surface area contributed by atoms with Crippen LogP contribution in [0.2, 0.25) is 5.02 Å². The third-order valence-corrected chi connectivity index (χ3v) is 3.73. The Labute approximate surface area is 118 Å². The number of nitrogens with one attached hydrogen (secondary N) is 1. The molecule has 5 heteroatoms. The molecule has 19 heavy (non-hydrogen) atoms. The van der Waals surface area contributed by atoms with Crippen molar-refractivity contribution in [3.63, 3.8) is 0 Å². The van der Waals surface area contributed by atoms with E-state index in [4.69, 9.17) is 22.1 Å². The first-order valence-corrected chi connectivity index (χ1v) is 6.89. The zero-order valence-corrected chi connectivity index (χ0v) is 11.7. The number of amides is 1. The Morgan fingerprint density at radius 1 is 1.42 bits per heavy atom. The number of anilines is 1. The van der Waals surface area contributed by atoms with Crippen molar-refractivity contribution in [3.05, 3.63) is 28.8 Å². The molecule has 1 aliphatic rings. The van der Waals surface area contributed by atoms with Crippen LogP contribution in [0.5, 0.6) is 0 Å². The van der Waals surface area contributed by atoms with E-state index in [1.54, 1.807) is 18.2 Å². The van der Waals surface area contributed by atoms with Gasteiger partial charge in [0.15, 0.2) is 0 Å². The summed E-state index contributed by atoms with van der Waals surface area (Å²) in [6.07, 6.45) is 1.97. The van der Waals surface area contributed by atoms with E-state index in [1.165, 1.54) is 0 Å². The number of benzene rings is 1. The molecule has 0 radical (unpaired) electrons. The summed E-state index contributed by atoms with van der Waals surface area (Å²) < 4.78 is 5.32. The first kappa shape index (κ1) is 14.2. The van der Waals surface area contributed by atoms with Crippen LogP contribution in [0.3, 0.4) is 0 Å². The summed E-state index contributed by atoms with van der Waals surface area (Å²) in [5.41, 5.74) is 6.69. The molecule has 1 aliphatic heterocycles. The van der Waals surface area contributed by atoms with Crippen molar-refractivity contribution in [2.24, 2.45) is 5.92 Å². The highest BCUT2D eigenvalue weighted by Gasteiger charge is 2.22. The molecule has 104 valence electrons.